The van der Waals surface area contributed by atoms with Crippen LogP contribution in [0.5, 0.6) is 0 Å². The van der Waals surface area contributed by atoms with Gasteiger partial charge in [0.1, 0.15) is 17.2 Å². The highest BCUT2D eigenvalue weighted by Crippen LogP contribution is 2.25. The lowest BCUT2D eigenvalue weighted by Gasteiger charge is -2.32. The van der Waals surface area contributed by atoms with Crippen LogP contribution in [0.15, 0.2) is 36.8 Å². The number of nitrogens with zero attached hydrogens (tertiary/aromatic N) is 4. The summed E-state index contributed by atoms with van der Waals surface area (Å²) in [6.45, 7) is 1.19. The van der Waals surface area contributed by atoms with Crippen molar-refractivity contribution in [3.63, 3.8) is 0 Å². The fourth-order valence-corrected chi connectivity index (χ4v) is 3.72. The standard InChI is InChI=1S/C20H20F2N4O/c1-25-12-24-18-16(4-7-23-19(18)25)20(27)26-8-5-13(6-9-26)10-14-11-15(21)2-3-17(14)22/h2-4,7,11-13H,5-6,8-10H2,1H3. The van der Waals surface area contributed by atoms with Crippen LogP contribution in [0, 0.1) is 17.6 Å². The van der Waals surface area contributed by atoms with E-state index in [4.69, 9.17) is 0 Å². The number of pyridine rings is 1. The number of hydrogen-bond donors (Lipinski definition) is 0. The number of rotatable bonds is 3. The summed E-state index contributed by atoms with van der Waals surface area (Å²) in [5.74, 6) is -0.616. The van der Waals surface area contributed by atoms with Crippen molar-refractivity contribution >= 4 is 17.1 Å². The van der Waals surface area contributed by atoms with Crippen molar-refractivity contribution in [2.24, 2.45) is 13.0 Å². The van der Waals surface area contributed by atoms with Crippen LogP contribution in [-0.4, -0.2) is 38.4 Å². The molecule has 1 amide bonds. The van der Waals surface area contributed by atoms with E-state index < -0.39 is 5.82 Å². The summed E-state index contributed by atoms with van der Waals surface area (Å²) in [4.78, 5) is 23.3. The second-order valence-corrected chi connectivity index (χ2v) is 7.06. The largest absolute Gasteiger partial charge is 0.339 e. The van der Waals surface area contributed by atoms with Gasteiger partial charge in [0.25, 0.3) is 5.91 Å². The summed E-state index contributed by atoms with van der Waals surface area (Å²) >= 11 is 0. The van der Waals surface area contributed by atoms with Crippen molar-refractivity contribution in [3.05, 3.63) is 59.6 Å². The van der Waals surface area contributed by atoms with E-state index in [0.29, 0.717) is 41.8 Å². The summed E-state index contributed by atoms with van der Waals surface area (Å²) in [7, 11) is 1.84. The number of amides is 1. The maximum absolute atomic E-state index is 13.9. The van der Waals surface area contributed by atoms with Crippen molar-refractivity contribution < 1.29 is 13.6 Å². The highest BCUT2D eigenvalue weighted by atomic mass is 19.1. The number of aryl methyl sites for hydroxylation is 1. The Morgan fingerprint density at radius 1 is 1.19 bits per heavy atom. The highest BCUT2D eigenvalue weighted by Gasteiger charge is 2.26. The van der Waals surface area contributed by atoms with Gasteiger partial charge in [0.05, 0.1) is 11.9 Å². The number of carbonyl (C=O) groups is 1. The van der Waals surface area contributed by atoms with Crippen molar-refractivity contribution in [1.82, 2.24) is 19.4 Å². The third-order valence-electron chi connectivity index (χ3n) is 5.25. The van der Waals surface area contributed by atoms with Crippen LogP contribution in [0.3, 0.4) is 0 Å². The molecule has 0 radical (unpaired) electrons. The highest BCUT2D eigenvalue weighted by molar-refractivity contribution is 6.04. The van der Waals surface area contributed by atoms with Crippen molar-refractivity contribution in [1.29, 1.82) is 0 Å². The van der Waals surface area contributed by atoms with Gasteiger partial charge >= 0.3 is 0 Å². The molecule has 140 valence electrons. The Hall–Kier alpha value is -2.83. The molecular formula is C20H20F2N4O. The normalized spacial score (nSPS) is 15.4. The number of piperidine rings is 1. The second-order valence-electron chi connectivity index (χ2n) is 7.06. The van der Waals surface area contributed by atoms with Crippen LogP contribution in [-0.2, 0) is 13.5 Å². The number of carbonyl (C=O) groups excluding carboxylic acids is 1. The number of imidazole rings is 1. The molecule has 7 heteroatoms. The number of benzene rings is 1. The molecule has 0 bridgehead atoms. The molecular weight excluding hydrogens is 350 g/mol. The van der Waals surface area contributed by atoms with Gasteiger partial charge < -0.3 is 9.47 Å². The quantitative estimate of drug-likeness (QED) is 0.711. The number of hydrogen-bond acceptors (Lipinski definition) is 3. The van der Waals surface area contributed by atoms with Gasteiger partial charge in [-0.3, -0.25) is 4.79 Å². The predicted octanol–water partition coefficient (Wildman–Crippen LogP) is 3.34. The van der Waals surface area contributed by atoms with Gasteiger partial charge in [-0.25, -0.2) is 18.7 Å². The molecule has 0 aliphatic carbocycles. The minimum atomic E-state index is -0.420. The fourth-order valence-electron chi connectivity index (χ4n) is 3.72. The Bertz CT molecular complexity index is 993. The first-order valence-corrected chi connectivity index (χ1v) is 9.02. The van der Waals surface area contributed by atoms with E-state index in [1.54, 1.807) is 23.2 Å². The molecule has 27 heavy (non-hydrogen) atoms. The molecule has 1 aromatic carbocycles. The molecule has 0 unspecified atom stereocenters. The molecule has 1 saturated heterocycles. The molecule has 1 aliphatic rings. The Kier molecular flexibility index (Phi) is 4.59. The van der Waals surface area contributed by atoms with Crippen LogP contribution in [0.25, 0.3) is 11.2 Å². The topological polar surface area (TPSA) is 51.0 Å². The molecule has 0 saturated carbocycles. The molecule has 3 heterocycles. The zero-order chi connectivity index (χ0) is 19.0. The lowest BCUT2D eigenvalue weighted by molar-refractivity contribution is 0.0692. The maximum atomic E-state index is 13.9. The summed E-state index contributed by atoms with van der Waals surface area (Å²) in [6.07, 6.45) is 5.28. The molecule has 1 fully saturated rings. The average molecular weight is 370 g/mol. The molecule has 0 N–H and O–H groups in total. The lowest BCUT2D eigenvalue weighted by atomic mass is 9.89. The van der Waals surface area contributed by atoms with Crippen LogP contribution in [0.1, 0.15) is 28.8 Å². The van der Waals surface area contributed by atoms with E-state index in [0.717, 1.165) is 18.9 Å². The van der Waals surface area contributed by atoms with E-state index in [1.807, 2.05) is 11.9 Å². The third kappa shape index (κ3) is 3.41. The molecule has 0 atom stereocenters. The molecule has 5 nitrogen and oxygen atoms in total. The van der Waals surface area contributed by atoms with E-state index in [1.165, 1.54) is 12.1 Å². The number of aromatic nitrogens is 3. The van der Waals surface area contributed by atoms with Gasteiger partial charge in [0.2, 0.25) is 0 Å². The zero-order valence-corrected chi connectivity index (χ0v) is 15.0. The number of halogens is 2. The zero-order valence-electron chi connectivity index (χ0n) is 15.0. The number of fused-ring (bicyclic) bond motifs is 1. The Balaban J connectivity index is 1.44. The van der Waals surface area contributed by atoms with Crippen LogP contribution < -0.4 is 0 Å². The van der Waals surface area contributed by atoms with E-state index in [-0.39, 0.29) is 17.6 Å². The van der Waals surface area contributed by atoms with E-state index in [2.05, 4.69) is 9.97 Å². The summed E-state index contributed by atoms with van der Waals surface area (Å²) in [6, 6.07) is 5.27. The monoisotopic (exact) mass is 370 g/mol. The van der Waals surface area contributed by atoms with Crippen LogP contribution in [0.4, 0.5) is 8.78 Å². The number of likely N-dealkylation sites (tertiary alicyclic amines) is 1. The predicted molar refractivity (Wildman–Crippen MR) is 97.2 cm³/mol. The first-order valence-electron chi connectivity index (χ1n) is 9.02. The first kappa shape index (κ1) is 17.6. The minimum absolute atomic E-state index is 0.0588. The van der Waals surface area contributed by atoms with Crippen LogP contribution in [0.2, 0.25) is 0 Å². The molecule has 3 aromatic rings. The molecule has 0 spiro atoms. The smallest absolute Gasteiger partial charge is 0.256 e. The van der Waals surface area contributed by atoms with E-state index in [9.17, 15) is 13.6 Å². The van der Waals surface area contributed by atoms with Gasteiger partial charge in [0, 0.05) is 26.3 Å². The lowest BCUT2D eigenvalue weighted by Crippen LogP contribution is -2.39. The summed E-state index contributed by atoms with van der Waals surface area (Å²) in [5, 5.41) is 0. The Morgan fingerprint density at radius 2 is 1.96 bits per heavy atom. The van der Waals surface area contributed by atoms with Gasteiger partial charge in [0.15, 0.2) is 5.65 Å². The first-order chi connectivity index (χ1) is 13.0. The molecule has 4 rings (SSSR count). The SMILES string of the molecule is Cn1cnc2c(C(=O)N3CCC(Cc4cc(F)ccc4F)CC3)ccnc21. The van der Waals surface area contributed by atoms with Gasteiger partial charge in [-0.15, -0.1) is 0 Å². The molecule has 2 aromatic heterocycles. The van der Waals surface area contributed by atoms with Gasteiger partial charge in [-0.2, -0.15) is 0 Å². The van der Waals surface area contributed by atoms with Gasteiger partial charge in [-0.1, -0.05) is 0 Å². The van der Waals surface area contributed by atoms with Gasteiger partial charge in [-0.05, 0) is 55.0 Å². The minimum Gasteiger partial charge on any atom is -0.339 e. The summed E-state index contributed by atoms with van der Waals surface area (Å²) < 4.78 is 29.0. The van der Waals surface area contributed by atoms with Crippen molar-refractivity contribution in [2.75, 3.05) is 13.1 Å². The fraction of sp³-hybridized carbons (Fsp3) is 0.350. The van der Waals surface area contributed by atoms with Crippen molar-refractivity contribution in [3.8, 4) is 0 Å². The van der Waals surface area contributed by atoms with Crippen LogP contribution >= 0.6 is 0 Å². The second kappa shape index (κ2) is 7.06. The Labute approximate surface area is 155 Å². The maximum Gasteiger partial charge on any atom is 0.256 e. The van der Waals surface area contributed by atoms with E-state index >= 15 is 0 Å². The Morgan fingerprint density at radius 3 is 2.74 bits per heavy atom. The third-order valence-corrected chi connectivity index (χ3v) is 5.25. The summed E-state index contributed by atoms with van der Waals surface area (Å²) in [5.41, 5.74) is 2.24. The molecule has 1 aliphatic heterocycles. The van der Waals surface area contributed by atoms with Crippen molar-refractivity contribution in [2.45, 2.75) is 19.3 Å². The average Bonchev–Trinajstić information content (AvgIpc) is 3.06.